The van der Waals surface area contributed by atoms with E-state index >= 15 is 0 Å². The molecular formula is C29H29N3O. The summed E-state index contributed by atoms with van der Waals surface area (Å²) in [5, 5.41) is 5.90. The summed E-state index contributed by atoms with van der Waals surface area (Å²) < 4.78 is 2.25. The number of nitrogens with zero attached hydrogens (tertiary/aromatic N) is 2. The smallest absolute Gasteiger partial charge is 0.223 e. The Labute approximate surface area is 194 Å². The van der Waals surface area contributed by atoms with Gasteiger partial charge in [0.25, 0.3) is 0 Å². The predicted molar refractivity (Wildman–Crippen MR) is 137 cm³/mol. The minimum Gasteiger partial charge on any atom is -0.344 e. The number of nitrogens with one attached hydrogen (secondary N) is 1. The van der Waals surface area contributed by atoms with E-state index in [-0.39, 0.29) is 11.3 Å². The first-order valence-corrected chi connectivity index (χ1v) is 11.7. The predicted octanol–water partition coefficient (Wildman–Crippen LogP) is 5.67. The molecule has 1 saturated heterocycles. The van der Waals surface area contributed by atoms with Crippen LogP contribution in [0.3, 0.4) is 0 Å². The fourth-order valence-corrected chi connectivity index (χ4v) is 5.97. The van der Waals surface area contributed by atoms with Crippen molar-refractivity contribution in [3.05, 3.63) is 83.4 Å². The van der Waals surface area contributed by atoms with E-state index in [1.165, 1.54) is 38.6 Å². The number of benzene rings is 3. The first-order chi connectivity index (χ1) is 15.8. The third kappa shape index (κ3) is 2.67. The Kier molecular flexibility index (Phi) is 4.10. The molecule has 1 fully saturated rings. The van der Waals surface area contributed by atoms with Gasteiger partial charge >= 0.3 is 0 Å². The maximum atomic E-state index is 12.7. The van der Waals surface area contributed by atoms with Crippen LogP contribution in [-0.2, 0) is 17.3 Å². The summed E-state index contributed by atoms with van der Waals surface area (Å²) in [4.78, 5) is 15.1. The lowest BCUT2D eigenvalue weighted by atomic mass is 9.74. The highest BCUT2D eigenvalue weighted by molar-refractivity contribution is 6.08. The Bertz CT molecular complexity index is 1480. The van der Waals surface area contributed by atoms with Crippen LogP contribution >= 0.6 is 0 Å². The van der Waals surface area contributed by atoms with E-state index in [1.54, 1.807) is 0 Å². The maximum Gasteiger partial charge on any atom is 0.223 e. The fourth-order valence-electron chi connectivity index (χ4n) is 5.97. The van der Waals surface area contributed by atoms with Crippen LogP contribution in [0.2, 0.25) is 0 Å². The SMILES string of the molecule is Cc1ccc2c(c1)C(C)(C)C1(C=Cc3ccc4c(c3)c3ccccc3n4C)NC(=O)CCN21. The van der Waals surface area contributed by atoms with Gasteiger partial charge < -0.3 is 14.8 Å². The van der Waals surface area contributed by atoms with Gasteiger partial charge in [0.2, 0.25) is 5.91 Å². The lowest BCUT2D eigenvalue weighted by Crippen LogP contribution is -2.68. The lowest BCUT2D eigenvalue weighted by Gasteiger charge is -2.49. The maximum absolute atomic E-state index is 12.7. The zero-order valence-corrected chi connectivity index (χ0v) is 19.6. The van der Waals surface area contributed by atoms with Crippen molar-refractivity contribution in [1.29, 1.82) is 0 Å². The number of carbonyl (C=O) groups is 1. The number of rotatable bonds is 2. The molecule has 33 heavy (non-hydrogen) atoms. The minimum atomic E-state index is -0.591. The van der Waals surface area contributed by atoms with Crippen LogP contribution in [0.4, 0.5) is 5.69 Å². The third-order valence-electron chi connectivity index (χ3n) is 7.84. The molecule has 3 aromatic carbocycles. The van der Waals surface area contributed by atoms with Crippen molar-refractivity contribution in [3.63, 3.8) is 0 Å². The van der Waals surface area contributed by atoms with Crippen molar-refractivity contribution in [2.45, 2.75) is 38.3 Å². The number of carbonyl (C=O) groups excluding carboxylic acids is 1. The Balaban J connectivity index is 1.49. The molecule has 4 nitrogen and oxygen atoms in total. The van der Waals surface area contributed by atoms with Crippen LogP contribution in [-0.4, -0.2) is 22.7 Å². The Hall–Kier alpha value is -3.53. The summed E-state index contributed by atoms with van der Waals surface area (Å²) in [6.07, 6.45) is 4.91. The second kappa shape index (κ2) is 6.74. The summed E-state index contributed by atoms with van der Waals surface area (Å²) in [6, 6.07) is 21.8. The quantitative estimate of drug-likeness (QED) is 0.441. The van der Waals surface area contributed by atoms with E-state index in [4.69, 9.17) is 0 Å². The zero-order chi connectivity index (χ0) is 23.0. The number of aromatic nitrogens is 1. The molecule has 0 radical (unpaired) electrons. The Morgan fingerprint density at radius 1 is 0.970 bits per heavy atom. The molecule has 2 aliphatic rings. The van der Waals surface area contributed by atoms with Gasteiger partial charge in [0.15, 0.2) is 0 Å². The molecule has 4 aromatic rings. The van der Waals surface area contributed by atoms with Crippen LogP contribution in [0.25, 0.3) is 27.9 Å². The largest absolute Gasteiger partial charge is 0.344 e. The van der Waals surface area contributed by atoms with Gasteiger partial charge in [-0.15, -0.1) is 0 Å². The number of fused-ring (bicyclic) bond motifs is 6. The van der Waals surface area contributed by atoms with Gasteiger partial charge in [-0.05, 0) is 48.4 Å². The number of anilines is 1. The molecule has 2 aliphatic heterocycles. The van der Waals surface area contributed by atoms with Gasteiger partial charge in [0, 0.05) is 52.9 Å². The molecular weight excluding hydrogens is 406 g/mol. The van der Waals surface area contributed by atoms with Crippen molar-refractivity contribution in [2.75, 3.05) is 11.4 Å². The zero-order valence-electron chi connectivity index (χ0n) is 19.6. The molecule has 1 atom stereocenters. The summed E-state index contributed by atoms with van der Waals surface area (Å²) in [5.74, 6) is 0.109. The van der Waals surface area contributed by atoms with Crippen LogP contribution in [0, 0.1) is 6.92 Å². The molecule has 3 heterocycles. The topological polar surface area (TPSA) is 37.3 Å². The number of amides is 1. The highest BCUT2D eigenvalue weighted by atomic mass is 16.2. The van der Waals surface area contributed by atoms with Crippen LogP contribution in [0.5, 0.6) is 0 Å². The highest BCUT2D eigenvalue weighted by Crippen LogP contribution is 2.52. The number of para-hydroxylation sites is 1. The first-order valence-electron chi connectivity index (χ1n) is 11.7. The highest BCUT2D eigenvalue weighted by Gasteiger charge is 2.57. The second-order valence-corrected chi connectivity index (χ2v) is 10.0. The van der Waals surface area contributed by atoms with Gasteiger partial charge in [-0.1, -0.05) is 61.9 Å². The van der Waals surface area contributed by atoms with E-state index in [9.17, 15) is 4.79 Å². The first kappa shape index (κ1) is 20.1. The average Bonchev–Trinajstić information content (AvgIpc) is 3.19. The molecule has 0 saturated carbocycles. The van der Waals surface area contributed by atoms with Crippen molar-refractivity contribution in [1.82, 2.24) is 9.88 Å². The summed E-state index contributed by atoms with van der Waals surface area (Å²) in [7, 11) is 2.12. The van der Waals surface area contributed by atoms with Crippen molar-refractivity contribution in [2.24, 2.45) is 7.05 Å². The van der Waals surface area contributed by atoms with E-state index in [2.05, 4.69) is 115 Å². The molecule has 166 valence electrons. The summed E-state index contributed by atoms with van der Waals surface area (Å²) >= 11 is 0. The van der Waals surface area contributed by atoms with Crippen LogP contribution in [0.1, 0.15) is 37.0 Å². The van der Waals surface area contributed by atoms with E-state index < -0.39 is 5.66 Å². The summed E-state index contributed by atoms with van der Waals surface area (Å²) in [5.41, 5.74) is 6.49. The molecule has 0 spiro atoms. The van der Waals surface area contributed by atoms with Crippen LogP contribution < -0.4 is 10.2 Å². The second-order valence-electron chi connectivity index (χ2n) is 10.0. The Morgan fingerprint density at radius 2 is 1.76 bits per heavy atom. The molecule has 1 N–H and O–H groups in total. The molecule has 1 unspecified atom stereocenters. The van der Waals surface area contributed by atoms with Crippen molar-refractivity contribution in [3.8, 4) is 0 Å². The molecule has 0 bridgehead atoms. The van der Waals surface area contributed by atoms with Crippen molar-refractivity contribution >= 4 is 39.5 Å². The molecule has 1 amide bonds. The normalized spacial score (nSPS) is 21.6. The van der Waals surface area contributed by atoms with Gasteiger partial charge in [-0.2, -0.15) is 0 Å². The molecule has 0 aliphatic carbocycles. The molecule has 6 rings (SSSR count). The molecule has 4 heteroatoms. The van der Waals surface area contributed by atoms with Gasteiger partial charge in [0.05, 0.1) is 0 Å². The van der Waals surface area contributed by atoms with E-state index in [0.29, 0.717) is 6.42 Å². The summed E-state index contributed by atoms with van der Waals surface area (Å²) in [6.45, 7) is 7.34. The Morgan fingerprint density at radius 3 is 2.61 bits per heavy atom. The molecule has 1 aromatic heterocycles. The van der Waals surface area contributed by atoms with Gasteiger partial charge in [-0.25, -0.2) is 0 Å². The van der Waals surface area contributed by atoms with E-state index in [1.807, 2.05) is 0 Å². The average molecular weight is 436 g/mol. The van der Waals surface area contributed by atoms with Gasteiger partial charge in [-0.3, -0.25) is 4.79 Å². The van der Waals surface area contributed by atoms with E-state index in [0.717, 1.165) is 12.1 Å². The third-order valence-corrected chi connectivity index (χ3v) is 7.84. The minimum absolute atomic E-state index is 0.109. The van der Waals surface area contributed by atoms with Gasteiger partial charge in [0.1, 0.15) is 5.66 Å². The standard InChI is InChI=1S/C29H29N3O/c1-19-9-11-26-23(17-19)28(2,3)29(30-27(33)14-16-32(26)29)15-13-20-10-12-25-22(18-20)21-7-5-6-8-24(21)31(25)4/h5-13,15,17-18H,14,16H2,1-4H3,(H,30,33). The monoisotopic (exact) mass is 435 g/mol. The number of aryl methyl sites for hydroxylation is 2. The van der Waals surface area contributed by atoms with Crippen LogP contribution in [0.15, 0.2) is 66.7 Å². The fraction of sp³-hybridized carbons (Fsp3) is 0.276. The van der Waals surface area contributed by atoms with Crippen molar-refractivity contribution < 1.29 is 4.79 Å². The number of hydrogen-bond acceptors (Lipinski definition) is 2. The number of hydrogen-bond donors (Lipinski definition) is 1. The lowest BCUT2D eigenvalue weighted by molar-refractivity contribution is -0.124.